The number of nitrogens with zero attached hydrogens (tertiary/aromatic N) is 1. The Kier molecular flexibility index (Phi) is 9.57. The van der Waals surface area contributed by atoms with Crippen molar-refractivity contribution in [2.24, 2.45) is 0 Å². The van der Waals surface area contributed by atoms with Crippen LogP contribution in [0.1, 0.15) is 40.7 Å². The first-order valence-electron chi connectivity index (χ1n) is 12.7. The predicted molar refractivity (Wildman–Crippen MR) is 146 cm³/mol. The van der Waals surface area contributed by atoms with Gasteiger partial charge in [0.05, 0.1) is 4.90 Å². The topological polar surface area (TPSA) is 105 Å². The lowest BCUT2D eigenvalue weighted by Gasteiger charge is -2.29. The lowest BCUT2D eigenvalue weighted by atomic mass is 10.1. The summed E-state index contributed by atoms with van der Waals surface area (Å²) in [5.74, 6) is -1.25. The Morgan fingerprint density at radius 3 is 2.41 bits per heavy atom. The van der Waals surface area contributed by atoms with Gasteiger partial charge in [-0.15, -0.1) is 13.2 Å². The Labute approximate surface area is 240 Å². The van der Waals surface area contributed by atoms with Gasteiger partial charge in [-0.1, -0.05) is 35.9 Å². The molecule has 0 bridgehead atoms. The molecular formula is C28H27ClF3N3O5S. The second-order valence-electron chi connectivity index (χ2n) is 9.38. The van der Waals surface area contributed by atoms with E-state index in [2.05, 4.69) is 15.4 Å². The zero-order valence-electron chi connectivity index (χ0n) is 21.7. The Morgan fingerprint density at radius 2 is 1.73 bits per heavy atom. The number of hydrogen-bond donors (Lipinski definition) is 2. The summed E-state index contributed by atoms with van der Waals surface area (Å²) < 4.78 is 69.8. The number of carbonyl (C=O) groups is 2. The van der Waals surface area contributed by atoms with Crippen LogP contribution in [0.2, 0.25) is 5.02 Å². The van der Waals surface area contributed by atoms with Gasteiger partial charge in [0.25, 0.3) is 5.91 Å². The van der Waals surface area contributed by atoms with E-state index in [0.717, 1.165) is 12.5 Å². The van der Waals surface area contributed by atoms with Gasteiger partial charge in [-0.25, -0.2) is 8.42 Å². The highest BCUT2D eigenvalue weighted by atomic mass is 35.5. The van der Waals surface area contributed by atoms with Crippen molar-refractivity contribution in [3.8, 4) is 5.75 Å². The summed E-state index contributed by atoms with van der Waals surface area (Å²) in [5.41, 5.74) is 1.21. The third-order valence-electron chi connectivity index (χ3n) is 6.41. The highest BCUT2D eigenvalue weighted by molar-refractivity contribution is 7.89. The Morgan fingerprint density at radius 1 is 1.02 bits per heavy atom. The van der Waals surface area contributed by atoms with Crippen LogP contribution >= 0.6 is 11.6 Å². The van der Waals surface area contributed by atoms with Crippen LogP contribution in [0.25, 0.3) is 0 Å². The molecule has 2 N–H and O–H groups in total. The minimum absolute atomic E-state index is 0.000326. The SMILES string of the molecule is O=C(NCc1cccc(OC(F)(F)F)c1)c1ccc(CN([C@@H]2CCCCNC2=O)S(=O)(=O)c2ccc(Cl)cc2)cc1. The molecule has 3 aromatic rings. The van der Waals surface area contributed by atoms with Crippen LogP contribution in [-0.4, -0.2) is 43.5 Å². The van der Waals surface area contributed by atoms with Gasteiger partial charge in [0.1, 0.15) is 11.8 Å². The third kappa shape index (κ3) is 8.21. The largest absolute Gasteiger partial charge is 0.573 e. The van der Waals surface area contributed by atoms with E-state index in [-0.39, 0.29) is 29.5 Å². The molecule has 0 saturated carbocycles. The van der Waals surface area contributed by atoms with E-state index in [0.29, 0.717) is 35.5 Å². The number of nitrogens with one attached hydrogen (secondary N) is 2. The monoisotopic (exact) mass is 609 g/mol. The molecule has 218 valence electrons. The Balaban J connectivity index is 1.49. The maximum Gasteiger partial charge on any atom is 0.573 e. The average Bonchev–Trinajstić information content (AvgIpc) is 3.14. The Hall–Kier alpha value is -3.61. The smallest absolute Gasteiger partial charge is 0.406 e. The maximum absolute atomic E-state index is 13.7. The van der Waals surface area contributed by atoms with Gasteiger partial charge in [0, 0.05) is 30.2 Å². The van der Waals surface area contributed by atoms with Crippen molar-refractivity contribution in [2.45, 2.75) is 49.7 Å². The van der Waals surface area contributed by atoms with Crippen LogP contribution in [0, 0.1) is 0 Å². The molecule has 0 radical (unpaired) electrons. The molecule has 4 rings (SSSR count). The normalized spacial score (nSPS) is 16.1. The first-order chi connectivity index (χ1) is 19.4. The van der Waals surface area contributed by atoms with Crippen molar-refractivity contribution in [3.05, 3.63) is 94.5 Å². The molecular weight excluding hydrogens is 583 g/mol. The number of alkyl halides is 3. The van der Waals surface area contributed by atoms with Gasteiger partial charge in [-0.2, -0.15) is 4.31 Å². The van der Waals surface area contributed by atoms with Gasteiger partial charge >= 0.3 is 6.36 Å². The minimum atomic E-state index is -4.83. The Bertz CT molecular complexity index is 1480. The van der Waals surface area contributed by atoms with E-state index in [4.69, 9.17) is 11.6 Å². The molecule has 0 unspecified atom stereocenters. The lowest BCUT2D eigenvalue weighted by molar-refractivity contribution is -0.274. The lowest BCUT2D eigenvalue weighted by Crippen LogP contribution is -2.48. The molecule has 1 aliphatic heterocycles. The molecule has 13 heteroatoms. The molecule has 1 atom stereocenters. The van der Waals surface area contributed by atoms with E-state index in [1.165, 1.54) is 52.8 Å². The molecule has 0 spiro atoms. The van der Waals surface area contributed by atoms with Crippen LogP contribution in [0.3, 0.4) is 0 Å². The number of carbonyl (C=O) groups excluding carboxylic acids is 2. The van der Waals surface area contributed by atoms with E-state index in [1.807, 2.05) is 0 Å². The minimum Gasteiger partial charge on any atom is -0.406 e. The van der Waals surface area contributed by atoms with Crippen LogP contribution < -0.4 is 15.4 Å². The fourth-order valence-corrected chi connectivity index (χ4v) is 6.11. The quantitative estimate of drug-likeness (QED) is 0.354. The van der Waals surface area contributed by atoms with Crippen molar-refractivity contribution < 1.29 is 35.9 Å². The van der Waals surface area contributed by atoms with Crippen molar-refractivity contribution in [1.82, 2.24) is 14.9 Å². The summed E-state index contributed by atoms with van der Waals surface area (Å²) in [7, 11) is -4.09. The van der Waals surface area contributed by atoms with Crippen molar-refractivity contribution >= 4 is 33.4 Å². The fourth-order valence-electron chi connectivity index (χ4n) is 4.38. The highest BCUT2D eigenvalue weighted by Gasteiger charge is 2.36. The summed E-state index contributed by atoms with van der Waals surface area (Å²) >= 11 is 5.94. The van der Waals surface area contributed by atoms with E-state index >= 15 is 0 Å². The molecule has 1 aliphatic rings. The molecule has 2 amide bonds. The standard InChI is InChI=1S/C28H27ClF3N3O5S/c29-22-11-13-24(14-12-22)41(38,39)35(25-6-1-2-15-33-27(25)37)18-19-7-9-21(10-8-19)26(36)34-17-20-4-3-5-23(16-20)40-28(30,31)32/h3-5,7-14,16,25H,1-2,6,15,17-18H2,(H,33,37)(H,34,36)/t25-/m1/s1. The number of rotatable bonds is 9. The molecule has 8 nitrogen and oxygen atoms in total. The molecule has 3 aromatic carbocycles. The molecule has 1 fully saturated rings. The van der Waals surface area contributed by atoms with Gasteiger partial charge in [0.15, 0.2) is 0 Å². The summed E-state index contributed by atoms with van der Waals surface area (Å²) in [6.07, 6.45) is -3.07. The van der Waals surface area contributed by atoms with Crippen molar-refractivity contribution in [1.29, 1.82) is 0 Å². The number of benzene rings is 3. The zero-order chi connectivity index (χ0) is 29.6. The van der Waals surface area contributed by atoms with Gasteiger partial charge in [0.2, 0.25) is 15.9 Å². The first-order valence-corrected chi connectivity index (χ1v) is 14.5. The summed E-state index contributed by atoms with van der Waals surface area (Å²) in [6, 6.07) is 16.2. The summed E-state index contributed by atoms with van der Waals surface area (Å²) in [4.78, 5) is 25.5. The van der Waals surface area contributed by atoms with Gasteiger partial charge < -0.3 is 15.4 Å². The third-order valence-corrected chi connectivity index (χ3v) is 8.53. The highest BCUT2D eigenvalue weighted by Crippen LogP contribution is 2.26. The van der Waals surface area contributed by atoms with E-state index in [9.17, 15) is 31.2 Å². The second-order valence-corrected chi connectivity index (χ2v) is 11.7. The molecule has 1 heterocycles. The van der Waals surface area contributed by atoms with Gasteiger partial charge in [-0.3, -0.25) is 9.59 Å². The van der Waals surface area contributed by atoms with E-state index < -0.39 is 34.1 Å². The summed E-state index contributed by atoms with van der Waals surface area (Å²) in [6.45, 7) is 0.310. The molecule has 41 heavy (non-hydrogen) atoms. The van der Waals surface area contributed by atoms with Crippen LogP contribution in [0.15, 0.2) is 77.7 Å². The maximum atomic E-state index is 13.7. The van der Waals surface area contributed by atoms with Crippen LogP contribution in [0.4, 0.5) is 13.2 Å². The number of amides is 2. The number of halogens is 4. The van der Waals surface area contributed by atoms with Gasteiger partial charge in [-0.05, 0) is 78.9 Å². The predicted octanol–water partition coefficient (Wildman–Crippen LogP) is 5.03. The molecule has 0 aliphatic carbocycles. The number of hydrogen-bond acceptors (Lipinski definition) is 5. The van der Waals surface area contributed by atoms with E-state index in [1.54, 1.807) is 18.2 Å². The van der Waals surface area contributed by atoms with Crippen LogP contribution in [-0.2, 0) is 27.9 Å². The zero-order valence-corrected chi connectivity index (χ0v) is 23.2. The van der Waals surface area contributed by atoms with Crippen molar-refractivity contribution in [2.75, 3.05) is 6.54 Å². The second kappa shape index (κ2) is 12.9. The molecule has 0 aromatic heterocycles. The number of ether oxygens (including phenoxy) is 1. The van der Waals surface area contributed by atoms with Crippen LogP contribution in [0.5, 0.6) is 5.75 Å². The average molecular weight is 610 g/mol. The number of sulfonamides is 1. The van der Waals surface area contributed by atoms with Crippen molar-refractivity contribution in [3.63, 3.8) is 0 Å². The molecule has 1 saturated heterocycles. The summed E-state index contributed by atoms with van der Waals surface area (Å²) in [5, 5.41) is 5.79. The first kappa shape index (κ1) is 30.4. The fraction of sp³-hybridized carbons (Fsp3) is 0.286.